The topological polar surface area (TPSA) is 64.2 Å². The predicted octanol–water partition coefficient (Wildman–Crippen LogP) is 4.54. The van der Waals surface area contributed by atoms with Crippen LogP contribution in [0.3, 0.4) is 0 Å². The van der Waals surface area contributed by atoms with Gasteiger partial charge in [-0.3, -0.25) is 4.99 Å². The fraction of sp³-hybridized carbons (Fsp3) is 0.0556. The number of hydrogen-bond acceptors (Lipinski definition) is 5. The van der Waals surface area contributed by atoms with Crippen LogP contribution in [0, 0.1) is 0 Å². The third kappa shape index (κ3) is 3.71. The summed E-state index contributed by atoms with van der Waals surface area (Å²) in [6, 6.07) is 18.2. The molecule has 5 nitrogen and oxygen atoms in total. The zero-order valence-electron chi connectivity index (χ0n) is 12.5. The molecule has 0 spiro atoms. The Labute approximate surface area is 133 Å². The monoisotopic (exact) mass is 309 g/mol. The molecule has 0 aliphatic carbocycles. The normalized spacial score (nSPS) is 10.8. The Balaban J connectivity index is 1.71. The van der Waals surface area contributed by atoms with Crippen LogP contribution in [0.25, 0.3) is 0 Å². The van der Waals surface area contributed by atoms with E-state index in [4.69, 9.17) is 13.9 Å². The van der Waals surface area contributed by atoms with E-state index in [0.717, 1.165) is 17.2 Å². The maximum atomic E-state index is 9.31. The third-order valence-corrected chi connectivity index (χ3v) is 3.08. The molecule has 0 amide bonds. The van der Waals surface area contributed by atoms with Crippen LogP contribution in [0.5, 0.6) is 23.2 Å². The van der Waals surface area contributed by atoms with Gasteiger partial charge in [-0.05, 0) is 36.4 Å². The average Bonchev–Trinajstić information content (AvgIpc) is 2.95. The summed E-state index contributed by atoms with van der Waals surface area (Å²) >= 11 is 0. The molecule has 2 aromatic carbocycles. The van der Waals surface area contributed by atoms with Crippen molar-refractivity contribution >= 4 is 11.9 Å². The van der Waals surface area contributed by atoms with Crippen molar-refractivity contribution in [1.82, 2.24) is 0 Å². The van der Waals surface area contributed by atoms with Gasteiger partial charge in [0.05, 0.1) is 25.1 Å². The molecule has 23 heavy (non-hydrogen) atoms. The number of aromatic hydroxyl groups is 1. The average molecular weight is 309 g/mol. The van der Waals surface area contributed by atoms with Crippen LogP contribution in [-0.4, -0.2) is 18.4 Å². The second-order valence-electron chi connectivity index (χ2n) is 4.68. The van der Waals surface area contributed by atoms with Crippen LogP contribution in [0.1, 0.15) is 5.76 Å². The first-order chi connectivity index (χ1) is 11.2. The highest BCUT2D eigenvalue weighted by molar-refractivity contribution is 5.82. The van der Waals surface area contributed by atoms with E-state index in [1.807, 2.05) is 54.6 Å². The minimum absolute atomic E-state index is 0.213. The molecular weight excluding hydrogens is 294 g/mol. The molecule has 0 radical (unpaired) electrons. The smallest absolute Gasteiger partial charge is 0.286 e. The van der Waals surface area contributed by atoms with Gasteiger partial charge in [-0.25, -0.2) is 0 Å². The highest BCUT2D eigenvalue weighted by Crippen LogP contribution is 2.27. The fourth-order valence-corrected chi connectivity index (χ4v) is 1.98. The molecule has 1 aromatic heterocycles. The second kappa shape index (κ2) is 6.70. The van der Waals surface area contributed by atoms with Crippen molar-refractivity contribution in [3.05, 3.63) is 66.4 Å². The Bertz CT molecular complexity index is 792. The molecule has 1 heterocycles. The van der Waals surface area contributed by atoms with Gasteiger partial charge in [-0.2, -0.15) is 0 Å². The van der Waals surface area contributed by atoms with Crippen LogP contribution in [-0.2, 0) is 0 Å². The number of furan rings is 1. The van der Waals surface area contributed by atoms with Gasteiger partial charge < -0.3 is 19.0 Å². The summed E-state index contributed by atoms with van der Waals surface area (Å²) in [4.78, 5) is 4.28. The van der Waals surface area contributed by atoms with Crippen LogP contribution in [0.2, 0.25) is 0 Å². The van der Waals surface area contributed by atoms with Gasteiger partial charge in [0.2, 0.25) is 0 Å². The lowest BCUT2D eigenvalue weighted by atomic mass is 10.3. The highest BCUT2D eigenvalue weighted by atomic mass is 16.5. The van der Waals surface area contributed by atoms with E-state index in [0.29, 0.717) is 11.5 Å². The van der Waals surface area contributed by atoms with Gasteiger partial charge in [-0.15, -0.1) is 0 Å². The molecule has 0 aliphatic rings. The molecule has 0 fully saturated rings. The maximum Gasteiger partial charge on any atom is 0.286 e. The summed E-state index contributed by atoms with van der Waals surface area (Å²) in [6.45, 7) is 0. The predicted molar refractivity (Wildman–Crippen MR) is 87.1 cm³/mol. The van der Waals surface area contributed by atoms with E-state index in [-0.39, 0.29) is 5.95 Å². The summed E-state index contributed by atoms with van der Waals surface area (Å²) in [7, 11) is 1.50. The number of ether oxygens (including phenoxy) is 2. The Morgan fingerprint density at radius 1 is 1.00 bits per heavy atom. The summed E-state index contributed by atoms with van der Waals surface area (Å²) in [5.41, 5.74) is 0.725. The molecular formula is C18H15NO4. The van der Waals surface area contributed by atoms with Gasteiger partial charge in [0.15, 0.2) is 11.5 Å². The first kappa shape index (κ1) is 14.7. The minimum atomic E-state index is -0.213. The van der Waals surface area contributed by atoms with E-state index in [1.54, 1.807) is 0 Å². The summed E-state index contributed by atoms with van der Waals surface area (Å²) in [6.07, 6.45) is 1.49. The number of hydrogen-bond donors (Lipinski definition) is 1. The van der Waals surface area contributed by atoms with E-state index < -0.39 is 0 Å². The summed E-state index contributed by atoms with van der Waals surface area (Å²) < 4.78 is 15.9. The van der Waals surface area contributed by atoms with Crippen molar-refractivity contribution in [3.63, 3.8) is 0 Å². The molecule has 0 unspecified atom stereocenters. The van der Waals surface area contributed by atoms with Gasteiger partial charge in [0.1, 0.15) is 11.5 Å². The zero-order valence-corrected chi connectivity index (χ0v) is 12.5. The zero-order chi connectivity index (χ0) is 16.1. The van der Waals surface area contributed by atoms with E-state index in [9.17, 15) is 5.11 Å². The van der Waals surface area contributed by atoms with Crippen LogP contribution in [0.4, 0.5) is 5.69 Å². The molecule has 3 rings (SSSR count). The lowest BCUT2D eigenvalue weighted by Gasteiger charge is -2.05. The van der Waals surface area contributed by atoms with Crippen LogP contribution < -0.4 is 9.47 Å². The van der Waals surface area contributed by atoms with E-state index in [1.165, 1.54) is 19.4 Å². The van der Waals surface area contributed by atoms with Gasteiger partial charge in [-0.1, -0.05) is 18.2 Å². The third-order valence-electron chi connectivity index (χ3n) is 3.08. The molecule has 0 aliphatic heterocycles. The van der Waals surface area contributed by atoms with Crippen molar-refractivity contribution in [2.45, 2.75) is 0 Å². The molecule has 0 bridgehead atoms. The molecule has 0 saturated heterocycles. The van der Waals surface area contributed by atoms with Crippen molar-refractivity contribution in [1.29, 1.82) is 0 Å². The van der Waals surface area contributed by atoms with Gasteiger partial charge in [0.25, 0.3) is 5.95 Å². The summed E-state index contributed by atoms with van der Waals surface area (Å²) in [5.74, 6) is 2.07. The lowest BCUT2D eigenvalue weighted by Crippen LogP contribution is -1.85. The molecule has 3 aromatic rings. The number of methoxy groups -OCH3 is 1. The Kier molecular flexibility index (Phi) is 4.29. The van der Waals surface area contributed by atoms with Gasteiger partial charge in [0, 0.05) is 0 Å². The maximum absolute atomic E-state index is 9.31. The Hall–Kier alpha value is -3.21. The first-order valence-electron chi connectivity index (χ1n) is 6.98. The van der Waals surface area contributed by atoms with E-state index in [2.05, 4.69) is 4.99 Å². The Morgan fingerprint density at radius 2 is 1.70 bits per heavy atom. The molecule has 0 saturated carbocycles. The number of rotatable bonds is 5. The lowest BCUT2D eigenvalue weighted by molar-refractivity contribution is 0.329. The van der Waals surface area contributed by atoms with Crippen molar-refractivity contribution in [2.75, 3.05) is 7.11 Å². The second-order valence-corrected chi connectivity index (χ2v) is 4.68. The standard InChI is InChI=1S/C18H15NO4/c1-21-16-11-18(20)23-17(16)12-19-13-7-9-15(10-8-13)22-14-5-3-2-4-6-14/h2-12,20H,1H3. The molecule has 116 valence electrons. The molecule has 5 heteroatoms. The summed E-state index contributed by atoms with van der Waals surface area (Å²) in [5, 5.41) is 9.31. The van der Waals surface area contributed by atoms with Crippen LogP contribution >= 0.6 is 0 Å². The number of benzene rings is 2. The SMILES string of the molecule is COc1cc(O)oc1C=Nc1ccc(Oc2ccccc2)cc1. The highest BCUT2D eigenvalue weighted by Gasteiger charge is 2.08. The van der Waals surface area contributed by atoms with Crippen molar-refractivity contribution < 1.29 is 19.0 Å². The van der Waals surface area contributed by atoms with E-state index >= 15 is 0 Å². The fourth-order valence-electron chi connectivity index (χ4n) is 1.98. The number of aliphatic imine (C=N–C) groups is 1. The Morgan fingerprint density at radius 3 is 2.39 bits per heavy atom. The molecule has 1 N–H and O–H groups in total. The van der Waals surface area contributed by atoms with Crippen molar-refractivity contribution in [3.8, 4) is 23.2 Å². The quantitative estimate of drug-likeness (QED) is 0.703. The number of nitrogens with zero attached hydrogens (tertiary/aromatic N) is 1. The van der Waals surface area contributed by atoms with Gasteiger partial charge >= 0.3 is 0 Å². The first-order valence-corrected chi connectivity index (χ1v) is 6.98. The largest absolute Gasteiger partial charge is 0.493 e. The van der Waals surface area contributed by atoms with Crippen LogP contribution in [0.15, 0.2) is 70.1 Å². The number of para-hydroxylation sites is 1. The molecule has 0 atom stereocenters. The minimum Gasteiger partial charge on any atom is -0.493 e. The van der Waals surface area contributed by atoms with Crippen molar-refractivity contribution in [2.24, 2.45) is 4.99 Å².